The average Bonchev–Trinajstić information content (AvgIpc) is 2.89. The fourth-order valence-electron chi connectivity index (χ4n) is 1.30. The van der Waals surface area contributed by atoms with Crippen LogP contribution in [-0.2, 0) is 16.6 Å². The van der Waals surface area contributed by atoms with E-state index in [0.29, 0.717) is 9.97 Å². The van der Waals surface area contributed by atoms with Crippen molar-refractivity contribution in [1.29, 1.82) is 0 Å². The number of halogens is 1. The lowest BCUT2D eigenvalue weighted by Gasteiger charge is -2.14. The zero-order valence-electron chi connectivity index (χ0n) is 8.96. The van der Waals surface area contributed by atoms with Crippen molar-refractivity contribution in [2.75, 3.05) is 7.05 Å². The lowest BCUT2D eigenvalue weighted by atomic mass is 10.4. The summed E-state index contributed by atoms with van der Waals surface area (Å²) in [4.78, 5) is 0. The van der Waals surface area contributed by atoms with E-state index in [1.807, 2.05) is 0 Å². The monoisotopic (exact) mass is 335 g/mol. The molecule has 0 N–H and O–H groups in total. The van der Waals surface area contributed by atoms with Gasteiger partial charge in [0.2, 0.25) is 0 Å². The fraction of sp³-hybridized carbons (Fsp3) is 0.200. The van der Waals surface area contributed by atoms with Crippen LogP contribution in [0.15, 0.2) is 42.9 Å². The number of thiophene rings is 1. The maximum atomic E-state index is 12.1. The highest BCUT2D eigenvalue weighted by atomic mass is 79.9. The van der Waals surface area contributed by atoms with E-state index in [4.69, 9.17) is 4.42 Å². The second-order valence-corrected chi connectivity index (χ2v) is 8.13. The Morgan fingerprint density at radius 2 is 2.18 bits per heavy atom. The van der Waals surface area contributed by atoms with Crippen molar-refractivity contribution in [1.82, 2.24) is 4.31 Å². The van der Waals surface area contributed by atoms with Crippen LogP contribution in [0, 0.1) is 0 Å². The van der Waals surface area contributed by atoms with Gasteiger partial charge >= 0.3 is 0 Å². The number of nitrogens with zero attached hydrogens (tertiary/aromatic N) is 1. The van der Waals surface area contributed by atoms with Crippen molar-refractivity contribution in [3.63, 3.8) is 0 Å². The third kappa shape index (κ3) is 2.79. The van der Waals surface area contributed by atoms with E-state index < -0.39 is 10.0 Å². The molecule has 0 spiro atoms. The van der Waals surface area contributed by atoms with Crippen molar-refractivity contribution in [2.24, 2.45) is 0 Å². The molecule has 0 atom stereocenters. The van der Waals surface area contributed by atoms with E-state index in [1.165, 1.54) is 29.0 Å². The summed E-state index contributed by atoms with van der Waals surface area (Å²) >= 11 is 4.44. The summed E-state index contributed by atoms with van der Waals surface area (Å²) in [6, 6.07) is 6.79. The van der Waals surface area contributed by atoms with Gasteiger partial charge in [-0.05, 0) is 40.2 Å². The summed E-state index contributed by atoms with van der Waals surface area (Å²) < 4.78 is 31.8. The van der Waals surface area contributed by atoms with Gasteiger partial charge in [0.25, 0.3) is 10.0 Å². The third-order valence-electron chi connectivity index (χ3n) is 2.17. The molecule has 92 valence electrons. The van der Waals surface area contributed by atoms with Gasteiger partial charge in [0, 0.05) is 7.05 Å². The Hall–Kier alpha value is -0.630. The van der Waals surface area contributed by atoms with E-state index in [1.54, 1.807) is 24.3 Å². The molecule has 2 heterocycles. The second-order valence-electron chi connectivity index (χ2n) is 3.40. The predicted octanol–water partition coefficient (Wildman–Crippen LogP) is 2.92. The van der Waals surface area contributed by atoms with Crippen molar-refractivity contribution in [3.05, 3.63) is 40.1 Å². The lowest BCUT2D eigenvalue weighted by molar-refractivity contribution is 0.407. The summed E-state index contributed by atoms with van der Waals surface area (Å²) in [6.07, 6.45) is 1.53. The van der Waals surface area contributed by atoms with Crippen LogP contribution in [0.25, 0.3) is 0 Å². The van der Waals surface area contributed by atoms with Crippen LogP contribution in [0.5, 0.6) is 0 Å². The first kappa shape index (κ1) is 12.8. The van der Waals surface area contributed by atoms with E-state index in [2.05, 4.69) is 15.9 Å². The smallest absolute Gasteiger partial charge is 0.252 e. The van der Waals surface area contributed by atoms with Gasteiger partial charge in [-0.15, -0.1) is 11.3 Å². The van der Waals surface area contributed by atoms with Gasteiger partial charge in [0.1, 0.15) is 9.97 Å². The molecule has 0 bridgehead atoms. The Balaban J connectivity index is 2.21. The van der Waals surface area contributed by atoms with Gasteiger partial charge in [0.15, 0.2) is 0 Å². The third-order valence-corrected chi connectivity index (χ3v) is 6.07. The van der Waals surface area contributed by atoms with Gasteiger partial charge in [0.05, 0.1) is 16.6 Å². The molecule has 4 nitrogen and oxygen atoms in total. The summed E-state index contributed by atoms with van der Waals surface area (Å²) in [6.45, 7) is 0.227. The number of furan rings is 1. The molecular weight excluding hydrogens is 326 g/mol. The summed E-state index contributed by atoms with van der Waals surface area (Å²) in [5, 5.41) is 0. The highest BCUT2D eigenvalue weighted by Gasteiger charge is 2.23. The van der Waals surface area contributed by atoms with Crippen LogP contribution in [0.1, 0.15) is 5.76 Å². The first-order valence-electron chi connectivity index (χ1n) is 4.74. The molecule has 0 radical (unpaired) electrons. The Labute approximate surface area is 112 Å². The maximum Gasteiger partial charge on any atom is 0.252 e. The maximum absolute atomic E-state index is 12.1. The van der Waals surface area contributed by atoms with Gasteiger partial charge in [-0.2, -0.15) is 4.31 Å². The molecule has 0 aromatic carbocycles. The molecule has 2 aromatic heterocycles. The zero-order valence-corrected chi connectivity index (χ0v) is 12.2. The molecule has 0 saturated carbocycles. The summed E-state index contributed by atoms with van der Waals surface area (Å²) in [7, 11) is -1.90. The molecule has 7 heteroatoms. The SMILES string of the molecule is CN(Cc1ccco1)S(=O)(=O)c1ccc(Br)s1. The van der Waals surface area contributed by atoms with Crippen LogP contribution < -0.4 is 0 Å². The zero-order chi connectivity index (χ0) is 12.5. The molecular formula is C10H10BrNO3S2. The predicted molar refractivity (Wildman–Crippen MR) is 69.4 cm³/mol. The number of hydrogen-bond acceptors (Lipinski definition) is 4. The van der Waals surface area contributed by atoms with E-state index in [9.17, 15) is 8.42 Å². The normalized spacial score (nSPS) is 12.2. The Morgan fingerprint density at radius 1 is 1.41 bits per heavy atom. The topological polar surface area (TPSA) is 50.5 Å². The Morgan fingerprint density at radius 3 is 2.71 bits per heavy atom. The molecule has 0 fully saturated rings. The number of hydrogen-bond donors (Lipinski definition) is 0. The molecule has 0 unspecified atom stereocenters. The average molecular weight is 336 g/mol. The minimum absolute atomic E-state index is 0.227. The molecule has 0 aliphatic carbocycles. The quantitative estimate of drug-likeness (QED) is 0.863. The van der Waals surface area contributed by atoms with E-state index >= 15 is 0 Å². The number of rotatable bonds is 4. The van der Waals surface area contributed by atoms with Crippen LogP contribution in [0.4, 0.5) is 0 Å². The molecule has 2 rings (SSSR count). The molecule has 0 aliphatic heterocycles. The van der Waals surface area contributed by atoms with Gasteiger partial charge in [-0.25, -0.2) is 8.42 Å². The van der Waals surface area contributed by atoms with Crippen LogP contribution in [-0.4, -0.2) is 19.8 Å². The molecule has 0 aliphatic rings. The van der Waals surface area contributed by atoms with Gasteiger partial charge in [-0.3, -0.25) is 0 Å². The highest BCUT2D eigenvalue weighted by Crippen LogP contribution is 2.28. The van der Waals surface area contributed by atoms with Crippen molar-refractivity contribution >= 4 is 37.3 Å². The van der Waals surface area contributed by atoms with Crippen molar-refractivity contribution in [2.45, 2.75) is 10.8 Å². The first-order chi connectivity index (χ1) is 8.00. The molecule has 0 amide bonds. The minimum atomic E-state index is -3.43. The molecule has 17 heavy (non-hydrogen) atoms. The Kier molecular flexibility index (Phi) is 3.72. The fourth-order valence-corrected chi connectivity index (χ4v) is 4.65. The van der Waals surface area contributed by atoms with Gasteiger partial charge in [-0.1, -0.05) is 0 Å². The lowest BCUT2D eigenvalue weighted by Crippen LogP contribution is -2.25. The van der Waals surface area contributed by atoms with Crippen molar-refractivity contribution in [3.8, 4) is 0 Å². The minimum Gasteiger partial charge on any atom is -0.468 e. The van der Waals surface area contributed by atoms with Gasteiger partial charge < -0.3 is 4.42 Å². The van der Waals surface area contributed by atoms with Crippen LogP contribution >= 0.6 is 27.3 Å². The van der Waals surface area contributed by atoms with Crippen LogP contribution in [0.3, 0.4) is 0 Å². The summed E-state index contributed by atoms with van der Waals surface area (Å²) in [5.74, 6) is 0.617. The largest absolute Gasteiger partial charge is 0.468 e. The summed E-state index contributed by atoms with van der Waals surface area (Å²) in [5.41, 5.74) is 0. The first-order valence-corrected chi connectivity index (χ1v) is 7.79. The number of sulfonamides is 1. The van der Waals surface area contributed by atoms with E-state index in [0.717, 1.165) is 3.79 Å². The molecule has 2 aromatic rings. The highest BCUT2D eigenvalue weighted by molar-refractivity contribution is 9.11. The Bertz CT molecular complexity index is 589. The van der Waals surface area contributed by atoms with E-state index in [-0.39, 0.29) is 6.54 Å². The van der Waals surface area contributed by atoms with Crippen LogP contribution in [0.2, 0.25) is 0 Å². The standard InChI is InChI=1S/C10H10BrNO3S2/c1-12(7-8-3-2-6-15-8)17(13,14)10-5-4-9(11)16-10/h2-6H,7H2,1H3. The second kappa shape index (κ2) is 4.93. The van der Waals surface area contributed by atoms with Crippen molar-refractivity contribution < 1.29 is 12.8 Å². The molecule has 0 saturated heterocycles.